The van der Waals surface area contributed by atoms with E-state index in [9.17, 15) is 4.79 Å². The van der Waals surface area contributed by atoms with Gasteiger partial charge >= 0.3 is 0 Å². The highest BCUT2D eigenvalue weighted by atomic mass is 32.1. The molecule has 0 aliphatic heterocycles. The lowest BCUT2D eigenvalue weighted by Gasteiger charge is -2.61. The molecule has 1 spiro atoms. The minimum atomic E-state index is 0.0206. The molecule has 2 aromatic rings. The van der Waals surface area contributed by atoms with Crippen LogP contribution in [-0.2, 0) is 16.0 Å². The minimum absolute atomic E-state index is 0.0206. The smallest absolute Gasteiger partial charge is 0.236 e. The number of hydrogen-bond acceptors (Lipinski definition) is 5. The van der Waals surface area contributed by atoms with Crippen LogP contribution in [0.3, 0.4) is 0 Å². The molecule has 0 bridgehead atoms. The van der Waals surface area contributed by atoms with E-state index >= 15 is 0 Å². The summed E-state index contributed by atoms with van der Waals surface area (Å²) in [6.07, 6.45) is 6.66. The van der Waals surface area contributed by atoms with Crippen LogP contribution in [-0.4, -0.2) is 29.6 Å². The van der Waals surface area contributed by atoms with Gasteiger partial charge in [-0.25, -0.2) is 4.98 Å². The van der Waals surface area contributed by atoms with Gasteiger partial charge in [0, 0.05) is 18.1 Å². The number of ether oxygens (including phenoxy) is 1. The van der Waals surface area contributed by atoms with Gasteiger partial charge in [0.05, 0.1) is 23.1 Å². The third-order valence-electron chi connectivity index (χ3n) is 5.40. The van der Waals surface area contributed by atoms with E-state index in [1.165, 1.54) is 6.42 Å². The van der Waals surface area contributed by atoms with Crippen LogP contribution in [0, 0.1) is 5.41 Å². The molecule has 0 radical (unpaired) electrons. The van der Waals surface area contributed by atoms with Gasteiger partial charge < -0.3 is 14.5 Å². The number of aromatic nitrogens is 1. The van der Waals surface area contributed by atoms with E-state index < -0.39 is 0 Å². The molecule has 2 saturated carbocycles. The Morgan fingerprint density at radius 1 is 1.54 bits per heavy atom. The van der Waals surface area contributed by atoms with Crippen molar-refractivity contribution in [1.29, 1.82) is 0 Å². The summed E-state index contributed by atoms with van der Waals surface area (Å²) < 4.78 is 11.3. The van der Waals surface area contributed by atoms with Gasteiger partial charge in [-0.05, 0) is 37.6 Å². The number of carbonyl (C=O) groups excluding carboxylic acids is 1. The van der Waals surface area contributed by atoms with Gasteiger partial charge in [0.25, 0.3) is 0 Å². The summed E-state index contributed by atoms with van der Waals surface area (Å²) in [7, 11) is 0. The van der Waals surface area contributed by atoms with Crippen LogP contribution in [0.4, 0.5) is 0 Å². The number of carbonyl (C=O) groups is 1. The van der Waals surface area contributed by atoms with Gasteiger partial charge in [0.1, 0.15) is 6.26 Å². The van der Waals surface area contributed by atoms with E-state index in [1.54, 1.807) is 17.6 Å². The van der Waals surface area contributed by atoms with Crippen LogP contribution in [0.15, 0.2) is 28.2 Å². The largest absolute Gasteiger partial charge is 0.444 e. The third-order valence-corrected chi connectivity index (χ3v) is 6.26. The average Bonchev–Trinajstić information content (AvgIpc) is 3.14. The zero-order valence-electron chi connectivity index (χ0n) is 13.8. The fourth-order valence-electron chi connectivity index (χ4n) is 3.95. The van der Waals surface area contributed by atoms with Crippen molar-refractivity contribution in [3.05, 3.63) is 29.5 Å². The minimum Gasteiger partial charge on any atom is -0.444 e. The SMILES string of the molecule is CCOC1CC(NC(=O)Cc2coc(-c3cccs3)n2)C12CCC2. The highest BCUT2D eigenvalue weighted by Gasteiger charge is 2.59. The Bertz CT molecular complexity index is 706. The maximum atomic E-state index is 12.4. The molecule has 2 fully saturated rings. The standard InChI is InChI=1S/C18H22N2O3S/c1-2-22-15-10-14(18(15)6-4-7-18)20-16(21)9-12-11-23-17(19-12)13-5-3-8-24-13/h3,5,8,11,14-15H,2,4,6-7,9-10H2,1H3,(H,20,21). The average molecular weight is 346 g/mol. The normalized spacial score (nSPS) is 24.4. The molecule has 24 heavy (non-hydrogen) atoms. The van der Waals surface area contributed by atoms with Gasteiger partial charge in [-0.2, -0.15) is 0 Å². The van der Waals surface area contributed by atoms with E-state index in [4.69, 9.17) is 9.15 Å². The molecule has 2 atom stereocenters. The highest BCUT2D eigenvalue weighted by molar-refractivity contribution is 7.13. The van der Waals surface area contributed by atoms with Crippen LogP contribution in [0.1, 0.15) is 38.3 Å². The lowest BCUT2D eigenvalue weighted by Crippen LogP contribution is -2.67. The number of nitrogens with zero attached hydrogens (tertiary/aromatic N) is 1. The maximum absolute atomic E-state index is 12.4. The fourth-order valence-corrected chi connectivity index (χ4v) is 4.61. The number of oxazole rings is 1. The van der Waals surface area contributed by atoms with Crippen LogP contribution in [0.2, 0.25) is 0 Å². The summed E-state index contributed by atoms with van der Waals surface area (Å²) in [4.78, 5) is 17.8. The molecule has 2 heterocycles. The Kier molecular flexibility index (Phi) is 4.18. The Balaban J connectivity index is 1.34. The van der Waals surface area contributed by atoms with Crippen molar-refractivity contribution in [1.82, 2.24) is 10.3 Å². The monoisotopic (exact) mass is 346 g/mol. The van der Waals surface area contributed by atoms with Crippen LogP contribution < -0.4 is 5.32 Å². The molecule has 128 valence electrons. The third kappa shape index (κ3) is 2.67. The van der Waals surface area contributed by atoms with Crippen molar-refractivity contribution in [2.24, 2.45) is 5.41 Å². The first-order chi connectivity index (χ1) is 11.7. The Labute approximate surface area is 145 Å². The molecule has 2 aromatic heterocycles. The molecule has 0 saturated heterocycles. The van der Waals surface area contributed by atoms with Crippen LogP contribution in [0.5, 0.6) is 0 Å². The second-order valence-electron chi connectivity index (χ2n) is 6.68. The molecular weight excluding hydrogens is 324 g/mol. The summed E-state index contributed by atoms with van der Waals surface area (Å²) in [5.74, 6) is 0.607. The number of rotatable bonds is 6. The van der Waals surface area contributed by atoms with Crippen molar-refractivity contribution < 1.29 is 13.9 Å². The van der Waals surface area contributed by atoms with Crippen LogP contribution >= 0.6 is 11.3 Å². The first kappa shape index (κ1) is 15.8. The molecule has 2 aliphatic rings. The number of hydrogen-bond donors (Lipinski definition) is 1. The summed E-state index contributed by atoms with van der Waals surface area (Å²) in [6.45, 7) is 2.78. The number of thiophene rings is 1. The van der Waals surface area contributed by atoms with E-state index in [0.29, 0.717) is 17.7 Å². The lowest BCUT2D eigenvalue weighted by atomic mass is 9.51. The first-order valence-electron chi connectivity index (χ1n) is 8.60. The quantitative estimate of drug-likeness (QED) is 0.870. The van der Waals surface area contributed by atoms with Gasteiger partial charge in [0.2, 0.25) is 11.8 Å². The summed E-state index contributed by atoms with van der Waals surface area (Å²) in [6, 6.07) is 4.17. The molecule has 4 rings (SSSR count). The first-order valence-corrected chi connectivity index (χ1v) is 9.48. The molecule has 1 amide bonds. The topological polar surface area (TPSA) is 64.4 Å². The Hall–Kier alpha value is -1.66. The summed E-state index contributed by atoms with van der Waals surface area (Å²) in [5.41, 5.74) is 0.872. The summed E-state index contributed by atoms with van der Waals surface area (Å²) >= 11 is 1.58. The molecule has 2 unspecified atom stereocenters. The second-order valence-corrected chi connectivity index (χ2v) is 7.63. The molecule has 1 N–H and O–H groups in total. The van der Waals surface area contributed by atoms with Gasteiger partial charge in [-0.1, -0.05) is 12.5 Å². The lowest BCUT2D eigenvalue weighted by molar-refractivity contribution is -0.175. The molecule has 6 heteroatoms. The molecular formula is C18H22N2O3S. The van der Waals surface area contributed by atoms with Gasteiger partial charge in [-0.3, -0.25) is 4.79 Å². The van der Waals surface area contributed by atoms with Crippen molar-refractivity contribution in [3.8, 4) is 10.8 Å². The van der Waals surface area contributed by atoms with Crippen molar-refractivity contribution in [2.45, 2.75) is 51.2 Å². The second kappa shape index (κ2) is 6.33. The predicted molar refractivity (Wildman–Crippen MR) is 91.8 cm³/mol. The Morgan fingerprint density at radius 2 is 2.42 bits per heavy atom. The van der Waals surface area contributed by atoms with E-state index in [1.807, 2.05) is 24.4 Å². The van der Waals surface area contributed by atoms with E-state index in [0.717, 1.165) is 30.7 Å². The van der Waals surface area contributed by atoms with Crippen LogP contribution in [0.25, 0.3) is 10.8 Å². The molecule has 5 nitrogen and oxygen atoms in total. The fraction of sp³-hybridized carbons (Fsp3) is 0.556. The number of amides is 1. The molecule has 2 aliphatic carbocycles. The van der Waals surface area contributed by atoms with Gasteiger partial charge in [-0.15, -0.1) is 11.3 Å². The van der Waals surface area contributed by atoms with E-state index in [2.05, 4.69) is 10.3 Å². The number of nitrogens with one attached hydrogen (secondary N) is 1. The highest BCUT2D eigenvalue weighted by Crippen LogP contribution is 2.57. The summed E-state index contributed by atoms with van der Waals surface area (Å²) in [5, 5.41) is 5.17. The maximum Gasteiger partial charge on any atom is 0.236 e. The molecule has 0 aromatic carbocycles. The van der Waals surface area contributed by atoms with Crippen molar-refractivity contribution in [2.75, 3.05) is 6.61 Å². The predicted octanol–water partition coefficient (Wildman–Crippen LogP) is 3.41. The zero-order valence-corrected chi connectivity index (χ0v) is 14.6. The van der Waals surface area contributed by atoms with Crippen molar-refractivity contribution >= 4 is 17.2 Å². The Morgan fingerprint density at radius 3 is 3.08 bits per heavy atom. The van der Waals surface area contributed by atoms with Gasteiger partial charge in [0.15, 0.2) is 0 Å². The van der Waals surface area contributed by atoms with E-state index in [-0.39, 0.29) is 23.8 Å². The zero-order chi connectivity index (χ0) is 16.6. The van der Waals surface area contributed by atoms with Crippen molar-refractivity contribution in [3.63, 3.8) is 0 Å².